The summed E-state index contributed by atoms with van der Waals surface area (Å²) in [6, 6.07) is 0.383. The lowest BCUT2D eigenvalue weighted by Gasteiger charge is -2.40. The maximum absolute atomic E-state index is 12.6. The number of aliphatic hydroxyl groups is 1. The second kappa shape index (κ2) is 6.23. The standard InChI is InChI=1S/C15H28N2O2/c1-12(15(19)8-10-16-11-9-15)14(18)17(2)13-6-4-3-5-7-13/h12-13,16,19H,3-11H2,1-2H3/t12-/m1/s1. The second-order valence-electron chi connectivity index (χ2n) is 6.32. The summed E-state index contributed by atoms with van der Waals surface area (Å²) in [4.78, 5) is 14.5. The van der Waals surface area contributed by atoms with Crippen LogP contribution in [0, 0.1) is 5.92 Å². The first-order valence-electron chi connectivity index (χ1n) is 7.74. The predicted octanol–water partition coefficient (Wildman–Crippen LogP) is 1.53. The molecule has 4 nitrogen and oxygen atoms in total. The third-order valence-electron chi connectivity index (χ3n) is 5.12. The Kier molecular flexibility index (Phi) is 4.85. The van der Waals surface area contributed by atoms with Crippen LogP contribution in [0.4, 0.5) is 0 Å². The molecular formula is C15H28N2O2. The Hall–Kier alpha value is -0.610. The average molecular weight is 268 g/mol. The minimum absolute atomic E-state index is 0.122. The van der Waals surface area contributed by atoms with Gasteiger partial charge in [0.1, 0.15) is 0 Å². The van der Waals surface area contributed by atoms with Gasteiger partial charge in [0.15, 0.2) is 0 Å². The Morgan fingerprint density at radius 2 is 1.84 bits per heavy atom. The first-order chi connectivity index (χ1) is 9.04. The zero-order valence-corrected chi connectivity index (χ0v) is 12.3. The zero-order valence-electron chi connectivity index (χ0n) is 12.3. The highest BCUT2D eigenvalue weighted by Crippen LogP contribution is 2.30. The molecule has 1 atom stereocenters. The number of amides is 1. The van der Waals surface area contributed by atoms with Crippen LogP contribution < -0.4 is 5.32 Å². The maximum atomic E-state index is 12.6. The molecule has 19 heavy (non-hydrogen) atoms. The van der Waals surface area contributed by atoms with Crippen LogP contribution >= 0.6 is 0 Å². The minimum atomic E-state index is -0.814. The maximum Gasteiger partial charge on any atom is 0.228 e. The molecule has 1 amide bonds. The predicted molar refractivity (Wildman–Crippen MR) is 75.9 cm³/mol. The van der Waals surface area contributed by atoms with E-state index >= 15 is 0 Å². The molecule has 2 N–H and O–H groups in total. The summed E-state index contributed by atoms with van der Waals surface area (Å²) in [6.07, 6.45) is 7.35. The summed E-state index contributed by atoms with van der Waals surface area (Å²) >= 11 is 0. The van der Waals surface area contributed by atoms with Crippen molar-refractivity contribution in [1.29, 1.82) is 0 Å². The van der Waals surface area contributed by atoms with Gasteiger partial charge in [-0.15, -0.1) is 0 Å². The fourth-order valence-corrected chi connectivity index (χ4v) is 3.48. The van der Waals surface area contributed by atoms with Gasteiger partial charge in [0.2, 0.25) is 5.91 Å². The van der Waals surface area contributed by atoms with E-state index in [0.29, 0.717) is 18.9 Å². The van der Waals surface area contributed by atoms with Crippen LogP contribution in [0.5, 0.6) is 0 Å². The van der Waals surface area contributed by atoms with Crippen LogP contribution in [-0.4, -0.2) is 47.7 Å². The van der Waals surface area contributed by atoms with Gasteiger partial charge in [0, 0.05) is 13.1 Å². The van der Waals surface area contributed by atoms with Gasteiger partial charge in [-0.2, -0.15) is 0 Å². The third-order valence-corrected chi connectivity index (χ3v) is 5.12. The molecule has 110 valence electrons. The van der Waals surface area contributed by atoms with Crippen molar-refractivity contribution in [2.24, 2.45) is 5.92 Å². The van der Waals surface area contributed by atoms with E-state index in [9.17, 15) is 9.90 Å². The summed E-state index contributed by atoms with van der Waals surface area (Å²) < 4.78 is 0. The van der Waals surface area contributed by atoms with Gasteiger partial charge in [0.05, 0.1) is 11.5 Å². The van der Waals surface area contributed by atoms with E-state index in [4.69, 9.17) is 0 Å². The molecule has 0 aromatic carbocycles. The van der Waals surface area contributed by atoms with Gasteiger partial charge in [-0.1, -0.05) is 26.2 Å². The molecule has 0 spiro atoms. The summed E-state index contributed by atoms with van der Waals surface area (Å²) in [7, 11) is 1.92. The van der Waals surface area contributed by atoms with Gasteiger partial charge in [-0.3, -0.25) is 4.79 Å². The molecule has 1 saturated heterocycles. The highest BCUT2D eigenvalue weighted by atomic mass is 16.3. The van der Waals surface area contributed by atoms with Gasteiger partial charge < -0.3 is 15.3 Å². The van der Waals surface area contributed by atoms with Crippen molar-refractivity contribution >= 4 is 5.91 Å². The van der Waals surface area contributed by atoms with E-state index in [1.165, 1.54) is 19.3 Å². The molecule has 0 unspecified atom stereocenters. The van der Waals surface area contributed by atoms with Crippen LogP contribution in [-0.2, 0) is 4.79 Å². The van der Waals surface area contributed by atoms with Crippen molar-refractivity contribution in [1.82, 2.24) is 10.2 Å². The van der Waals surface area contributed by atoms with E-state index in [2.05, 4.69) is 5.32 Å². The zero-order chi connectivity index (χ0) is 13.9. The van der Waals surface area contributed by atoms with Crippen molar-refractivity contribution < 1.29 is 9.90 Å². The van der Waals surface area contributed by atoms with Crippen LogP contribution in [0.3, 0.4) is 0 Å². The number of carbonyl (C=O) groups is 1. The number of nitrogens with one attached hydrogen (secondary N) is 1. The SMILES string of the molecule is C[C@H](C(=O)N(C)C1CCCCC1)C1(O)CCNCC1. The van der Waals surface area contributed by atoms with E-state index in [1.807, 2.05) is 18.9 Å². The fourth-order valence-electron chi connectivity index (χ4n) is 3.48. The number of carbonyl (C=O) groups excluding carboxylic acids is 1. The second-order valence-corrected chi connectivity index (χ2v) is 6.32. The lowest BCUT2D eigenvalue weighted by Crippen LogP contribution is -2.53. The van der Waals surface area contributed by atoms with E-state index in [1.54, 1.807) is 0 Å². The molecule has 0 radical (unpaired) electrons. The van der Waals surface area contributed by atoms with Crippen molar-refractivity contribution in [2.75, 3.05) is 20.1 Å². The van der Waals surface area contributed by atoms with Crippen molar-refractivity contribution in [2.45, 2.75) is 63.5 Å². The van der Waals surface area contributed by atoms with Crippen LogP contribution in [0.15, 0.2) is 0 Å². The molecule has 0 aromatic heterocycles. The Labute approximate surface area is 116 Å². The number of hydrogen-bond donors (Lipinski definition) is 2. The van der Waals surface area contributed by atoms with Gasteiger partial charge in [-0.05, 0) is 38.8 Å². The number of rotatable bonds is 3. The Morgan fingerprint density at radius 1 is 1.26 bits per heavy atom. The minimum Gasteiger partial charge on any atom is -0.389 e. The molecule has 0 bridgehead atoms. The smallest absolute Gasteiger partial charge is 0.228 e. The van der Waals surface area contributed by atoms with Crippen LogP contribution in [0.25, 0.3) is 0 Å². The van der Waals surface area contributed by atoms with E-state index in [0.717, 1.165) is 25.9 Å². The molecule has 1 aliphatic heterocycles. The largest absolute Gasteiger partial charge is 0.389 e. The highest BCUT2D eigenvalue weighted by Gasteiger charge is 2.41. The molecule has 2 fully saturated rings. The van der Waals surface area contributed by atoms with Crippen molar-refractivity contribution in [3.8, 4) is 0 Å². The Balaban J connectivity index is 1.97. The molecule has 0 aromatic rings. The van der Waals surface area contributed by atoms with Crippen LogP contribution in [0.1, 0.15) is 51.9 Å². The summed E-state index contributed by atoms with van der Waals surface area (Å²) in [5, 5.41) is 13.9. The van der Waals surface area contributed by atoms with Gasteiger partial charge in [0.25, 0.3) is 0 Å². The highest BCUT2D eigenvalue weighted by molar-refractivity contribution is 5.79. The summed E-state index contributed by atoms with van der Waals surface area (Å²) in [5.41, 5.74) is -0.814. The topological polar surface area (TPSA) is 52.6 Å². The van der Waals surface area contributed by atoms with Gasteiger partial charge in [-0.25, -0.2) is 0 Å². The molecule has 2 aliphatic rings. The summed E-state index contributed by atoms with van der Waals surface area (Å²) in [6.45, 7) is 3.51. The van der Waals surface area contributed by atoms with Crippen molar-refractivity contribution in [3.05, 3.63) is 0 Å². The summed E-state index contributed by atoms with van der Waals surface area (Å²) in [5.74, 6) is -0.169. The normalized spacial score (nSPS) is 25.8. The molecule has 1 aliphatic carbocycles. The average Bonchev–Trinajstić information content (AvgIpc) is 2.46. The monoisotopic (exact) mass is 268 g/mol. The van der Waals surface area contributed by atoms with Crippen molar-refractivity contribution in [3.63, 3.8) is 0 Å². The molecular weight excluding hydrogens is 240 g/mol. The molecule has 4 heteroatoms. The third kappa shape index (κ3) is 3.29. The number of nitrogens with zero attached hydrogens (tertiary/aromatic N) is 1. The Morgan fingerprint density at radius 3 is 2.42 bits per heavy atom. The van der Waals surface area contributed by atoms with Crippen LogP contribution in [0.2, 0.25) is 0 Å². The van der Waals surface area contributed by atoms with E-state index < -0.39 is 5.60 Å². The quantitative estimate of drug-likeness (QED) is 0.816. The number of piperidine rings is 1. The molecule has 2 rings (SSSR count). The fraction of sp³-hybridized carbons (Fsp3) is 0.933. The first kappa shape index (κ1) is 14.8. The lowest BCUT2D eigenvalue weighted by molar-refractivity contribution is -0.147. The molecule has 1 saturated carbocycles. The molecule has 1 heterocycles. The van der Waals surface area contributed by atoms with Gasteiger partial charge >= 0.3 is 0 Å². The van der Waals surface area contributed by atoms with E-state index in [-0.39, 0.29) is 11.8 Å². The lowest BCUT2D eigenvalue weighted by atomic mass is 9.80. The first-order valence-corrected chi connectivity index (χ1v) is 7.74. The Bertz CT molecular complexity index is 307. The number of hydrogen-bond acceptors (Lipinski definition) is 3.